The second-order valence-electron chi connectivity index (χ2n) is 12.8. The molecular weight excluding hydrogens is 980 g/mol. The second kappa shape index (κ2) is 19.7. The Morgan fingerprint density at radius 3 is 0.515 bits per heavy atom. The monoisotopic (exact) mass is 992 g/mol. The quantitative estimate of drug-likeness (QED) is 0.0690. The normalized spacial score (nSPS) is 10.9. The van der Waals surface area contributed by atoms with E-state index in [1.807, 2.05) is 0 Å². The molecule has 0 fully saturated rings. The van der Waals surface area contributed by atoms with Crippen LogP contribution in [-0.4, -0.2) is 23.6 Å². The van der Waals surface area contributed by atoms with Gasteiger partial charge in [0.15, 0.2) is 93.1 Å². The van der Waals surface area contributed by atoms with Gasteiger partial charge in [0.2, 0.25) is 23.3 Å². The van der Waals surface area contributed by atoms with Crippen molar-refractivity contribution in [3.8, 4) is 0 Å². The van der Waals surface area contributed by atoms with Crippen LogP contribution >= 0.6 is 0 Å². The summed E-state index contributed by atoms with van der Waals surface area (Å²) >= 11 is 0. The van der Waals surface area contributed by atoms with Gasteiger partial charge in [0.1, 0.15) is 22.7 Å². The third kappa shape index (κ3) is 9.54. The summed E-state index contributed by atoms with van der Waals surface area (Å²) in [6.07, 6.45) is 0. The fourth-order valence-corrected chi connectivity index (χ4v) is 5.20. The fraction of sp³-hybridized carbons (Fsp3) is 0. The highest BCUT2D eigenvalue weighted by Crippen LogP contribution is 2.32. The number of halogens is 20. The Morgan fingerprint density at radius 1 is 0.235 bits per heavy atom. The summed E-state index contributed by atoms with van der Waals surface area (Å²) in [7, 11) is 0. The molecule has 0 aliphatic heterocycles. The molecule has 0 aromatic heterocycles. The van der Waals surface area contributed by atoms with E-state index in [2.05, 4.69) is 0 Å². The van der Waals surface area contributed by atoms with Crippen LogP contribution in [-0.2, 0) is 0 Å². The lowest BCUT2D eigenvalue weighted by Gasteiger charge is -2.12. The molecule has 356 valence electrons. The molecule has 6 aromatic carbocycles. The molecule has 68 heavy (non-hydrogen) atoms. The van der Waals surface area contributed by atoms with E-state index in [-0.39, 0.29) is 0 Å². The van der Waals surface area contributed by atoms with E-state index in [9.17, 15) is 107 Å². The number of carbonyl (C=O) groups is 4. The molecule has 0 saturated carbocycles. The first-order chi connectivity index (χ1) is 31.7. The molecule has 6 aromatic rings. The van der Waals surface area contributed by atoms with Crippen molar-refractivity contribution in [2.75, 3.05) is 21.3 Å². The van der Waals surface area contributed by atoms with Crippen molar-refractivity contribution in [1.29, 1.82) is 0 Å². The fourth-order valence-electron chi connectivity index (χ4n) is 5.20. The second-order valence-corrected chi connectivity index (χ2v) is 12.8. The Labute approximate surface area is 361 Å². The molecule has 0 atom stereocenters. The highest BCUT2D eigenvalue weighted by atomic mass is 19.2. The zero-order valence-corrected chi connectivity index (χ0v) is 31.8. The van der Waals surface area contributed by atoms with Gasteiger partial charge in [0, 0.05) is 22.3 Å². The maximum absolute atomic E-state index is 13.7. The molecule has 0 unspecified atom stereocenters. The summed E-state index contributed by atoms with van der Waals surface area (Å²) in [6, 6.07) is 6.85. The smallest absolute Gasteiger partial charge is 0.255 e. The van der Waals surface area contributed by atoms with E-state index in [1.54, 1.807) is 0 Å². The molecule has 28 heteroatoms. The Balaban J connectivity index is 0.000000254. The van der Waals surface area contributed by atoms with Crippen LogP contribution in [0.25, 0.3) is 0 Å². The van der Waals surface area contributed by atoms with Crippen LogP contribution in [0.15, 0.2) is 48.5 Å². The molecule has 0 bridgehead atoms. The van der Waals surface area contributed by atoms with Gasteiger partial charge in [-0.3, -0.25) is 19.2 Å². The Bertz CT molecular complexity index is 2610. The topological polar surface area (TPSA) is 116 Å². The van der Waals surface area contributed by atoms with Crippen molar-refractivity contribution in [1.82, 2.24) is 0 Å². The van der Waals surface area contributed by atoms with E-state index in [0.29, 0.717) is 12.1 Å². The number of benzene rings is 6. The first-order valence-corrected chi connectivity index (χ1v) is 17.2. The first kappa shape index (κ1) is 50.8. The molecule has 0 radical (unpaired) electrons. The number of anilines is 4. The van der Waals surface area contributed by atoms with E-state index < -0.39 is 185 Å². The third-order valence-corrected chi connectivity index (χ3v) is 8.57. The molecule has 0 spiro atoms. The molecular formula is C40H12F20N4O4. The van der Waals surface area contributed by atoms with Gasteiger partial charge in [-0.05, 0) is 36.4 Å². The summed E-state index contributed by atoms with van der Waals surface area (Å²) in [5.74, 6) is -53.4. The number of hydrogen-bond acceptors (Lipinski definition) is 4. The van der Waals surface area contributed by atoms with Gasteiger partial charge in [-0.2, -0.15) is 0 Å². The lowest BCUT2D eigenvalue weighted by molar-refractivity contribution is 0.101. The Kier molecular flexibility index (Phi) is 14.7. The third-order valence-electron chi connectivity index (χ3n) is 8.57. The molecule has 0 aliphatic rings. The molecule has 0 aliphatic carbocycles. The van der Waals surface area contributed by atoms with Crippen LogP contribution in [0.1, 0.15) is 41.4 Å². The minimum Gasteiger partial charge on any atom is -0.317 e. The highest BCUT2D eigenvalue weighted by molar-refractivity contribution is 6.10. The van der Waals surface area contributed by atoms with Crippen molar-refractivity contribution < 1.29 is 107 Å². The zero-order valence-electron chi connectivity index (χ0n) is 31.8. The summed E-state index contributed by atoms with van der Waals surface area (Å²) < 4.78 is 269. The molecule has 6 rings (SSSR count). The van der Waals surface area contributed by atoms with Gasteiger partial charge >= 0.3 is 0 Å². The standard InChI is InChI=1S/2C20H6F10N2O2/c2*21-7-9(23)13(27)17(14(28)10(7)24)31-19(33)5-2-1-3-6(4-5)20(34)32-18-15(29)11(25)8(22)12(26)16(18)30/h2*1-4H,(H,31,33)(H,32,34). The Morgan fingerprint density at radius 2 is 0.368 bits per heavy atom. The van der Waals surface area contributed by atoms with Gasteiger partial charge in [-0.15, -0.1) is 0 Å². The number of hydrogen-bond donors (Lipinski definition) is 4. The van der Waals surface area contributed by atoms with Crippen molar-refractivity contribution in [3.63, 3.8) is 0 Å². The average Bonchev–Trinajstić information content (AvgIpc) is 3.34. The number of amides is 4. The van der Waals surface area contributed by atoms with Crippen LogP contribution in [0.4, 0.5) is 111 Å². The van der Waals surface area contributed by atoms with Crippen molar-refractivity contribution in [2.24, 2.45) is 0 Å². The van der Waals surface area contributed by atoms with E-state index in [4.69, 9.17) is 0 Å². The predicted molar refractivity (Wildman–Crippen MR) is 190 cm³/mol. The zero-order chi connectivity index (χ0) is 51.0. The van der Waals surface area contributed by atoms with E-state index in [0.717, 1.165) is 36.4 Å². The van der Waals surface area contributed by atoms with E-state index >= 15 is 0 Å². The summed E-state index contributed by atoms with van der Waals surface area (Å²) in [5.41, 5.74) is -9.25. The maximum atomic E-state index is 13.7. The lowest BCUT2D eigenvalue weighted by atomic mass is 10.1. The van der Waals surface area contributed by atoms with Crippen LogP contribution in [0.3, 0.4) is 0 Å². The van der Waals surface area contributed by atoms with Crippen LogP contribution < -0.4 is 21.3 Å². The van der Waals surface area contributed by atoms with Gasteiger partial charge in [0.05, 0.1) is 0 Å². The van der Waals surface area contributed by atoms with Gasteiger partial charge in [-0.25, -0.2) is 87.8 Å². The molecule has 4 N–H and O–H groups in total. The summed E-state index contributed by atoms with van der Waals surface area (Å²) in [4.78, 5) is 48.9. The van der Waals surface area contributed by atoms with Gasteiger partial charge < -0.3 is 21.3 Å². The van der Waals surface area contributed by atoms with Gasteiger partial charge in [-0.1, -0.05) is 12.1 Å². The average molecular weight is 993 g/mol. The molecule has 4 amide bonds. The Hall–Kier alpha value is -8.20. The SMILES string of the molecule is O=C(Nc1c(F)c(F)c(F)c(F)c1F)c1cccc(C(=O)Nc2c(F)c(F)c(F)c(F)c2F)c1.O=C(Nc1c(F)c(F)c(F)c(F)c1F)c1cccc(C(=O)Nc2c(F)c(F)c(F)c(F)c2F)c1. The lowest BCUT2D eigenvalue weighted by Crippen LogP contribution is -2.19. The first-order valence-electron chi connectivity index (χ1n) is 17.2. The maximum Gasteiger partial charge on any atom is 0.255 e. The molecule has 8 nitrogen and oxygen atoms in total. The minimum absolute atomic E-state index is 0.617. The van der Waals surface area contributed by atoms with Crippen molar-refractivity contribution in [3.05, 3.63) is 187 Å². The van der Waals surface area contributed by atoms with Crippen molar-refractivity contribution >= 4 is 46.4 Å². The summed E-state index contributed by atoms with van der Waals surface area (Å²) in [5, 5.41) is 5.72. The number of carbonyl (C=O) groups excluding carboxylic acids is 4. The number of nitrogens with one attached hydrogen (secondary N) is 4. The highest BCUT2D eigenvalue weighted by Gasteiger charge is 2.31. The predicted octanol–water partition coefficient (Wildman–Crippen LogP) is 11.2. The van der Waals surface area contributed by atoms with Gasteiger partial charge in [0.25, 0.3) is 23.6 Å². The van der Waals surface area contributed by atoms with Crippen molar-refractivity contribution in [2.45, 2.75) is 0 Å². The molecule has 0 heterocycles. The van der Waals surface area contributed by atoms with Crippen LogP contribution in [0, 0.1) is 116 Å². The number of rotatable bonds is 8. The largest absolute Gasteiger partial charge is 0.317 e. The summed E-state index contributed by atoms with van der Waals surface area (Å²) in [6.45, 7) is 0. The van der Waals surface area contributed by atoms with Crippen LogP contribution in [0.2, 0.25) is 0 Å². The molecule has 0 saturated heterocycles. The minimum atomic E-state index is -2.47. The van der Waals surface area contributed by atoms with Crippen LogP contribution in [0.5, 0.6) is 0 Å². The van der Waals surface area contributed by atoms with E-state index in [1.165, 1.54) is 21.3 Å².